The van der Waals surface area contributed by atoms with E-state index in [9.17, 15) is 14.4 Å². The van der Waals surface area contributed by atoms with Crippen molar-refractivity contribution in [3.63, 3.8) is 0 Å². The van der Waals surface area contributed by atoms with Crippen molar-refractivity contribution < 1.29 is 19.2 Å². The third-order valence-electron chi connectivity index (χ3n) is 1.77. The van der Waals surface area contributed by atoms with Gasteiger partial charge in [0, 0.05) is 12.8 Å². The van der Waals surface area contributed by atoms with Crippen LogP contribution in [-0.2, 0) is 19.2 Å². The average Bonchev–Trinajstić information content (AvgIpc) is 2.34. The van der Waals surface area contributed by atoms with Crippen LogP contribution in [0.25, 0.3) is 0 Å². The Labute approximate surface area is 89.3 Å². The van der Waals surface area contributed by atoms with Gasteiger partial charge in [-0.3, -0.25) is 9.59 Å². The van der Waals surface area contributed by atoms with Crippen LogP contribution in [0.3, 0.4) is 0 Å². The molecule has 0 aromatic heterocycles. The second-order valence-electron chi connectivity index (χ2n) is 3.64. The molecule has 0 aromatic carbocycles. The lowest BCUT2D eigenvalue weighted by Crippen LogP contribution is -2.32. The minimum Gasteiger partial charge on any atom is -0.330 e. The Balaban J connectivity index is 0.00000196. The molecule has 1 rings (SSSR count). The van der Waals surface area contributed by atoms with Crippen molar-refractivity contribution >= 4 is 17.8 Å². The van der Waals surface area contributed by atoms with Crippen LogP contribution < -0.4 is 0 Å². The number of hydroxylamine groups is 2. The molecule has 5 nitrogen and oxygen atoms in total. The Morgan fingerprint density at radius 3 is 2.20 bits per heavy atom. The molecule has 0 radical (unpaired) electrons. The minimum atomic E-state index is -0.538. The van der Waals surface area contributed by atoms with Gasteiger partial charge in [0.05, 0.1) is 6.42 Å². The molecule has 0 bridgehead atoms. The van der Waals surface area contributed by atoms with Crippen molar-refractivity contribution in [2.24, 2.45) is 5.92 Å². The first kappa shape index (κ1) is 13.6. The van der Waals surface area contributed by atoms with E-state index in [4.69, 9.17) is 0 Å². The van der Waals surface area contributed by atoms with E-state index in [0.29, 0.717) is 5.06 Å². The zero-order valence-electron chi connectivity index (χ0n) is 8.28. The Morgan fingerprint density at radius 1 is 1.33 bits per heavy atom. The van der Waals surface area contributed by atoms with E-state index in [1.165, 1.54) is 0 Å². The number of carbonyl (C=O) groups is 3. The highest BCUT2D eigenvalue weighted by Crippen LogP contribution is 2.13. The van der Waals surface area contributed by atoms with Gasteiger partial charge in [-0.25, -0.2) is 4.79 Å². The molecule has 0 N–H and O–H groups in total. The SMILES string of the molecule is C.CC(C)CC(=O)ON1C(=O)CCC1=O. The largest absolute Gasteiger partial charge is 0.333 e. The van der Waals surface area contributed by atoms with E-state index in [1.807, 2.05) is 13.8 Å². The normalized spacial score (nSPS) is 15.5. The van der Waals surface area contributed by atoms with E-state index in [-0.39, 0.29) is 32.6 Å². The highest BCUT2D eigenvalue weighted by atomic mass is 16.7. The smallest absolute Gasteiger partial charge is 0.330 e. The second-order valence-corrected chi connectivity index (χ2v) is 3.64. The van der Waals surface area contributed by atoms with Gasteiger partial charge in [-0.1, -0.05) is 21.3 Å². The molecule has 1 heterocycles. The Bertz CT molecular complexity index is 257. The monoisotopic (exact) mass is 215 g/mol. The highest BCUT2D eigenvalue weighted by molar-refractivity contribution is 6.01. The van der Waals surface area contributed by atoms with Crippen molar-refractivity contribution in [1.82, 2.24) is 5.06 Å². The maximum Gasteiger partial charge on any atom is 0.333 e. The first-order valence-corrected chi connectivity index (χ1v) is 4.57. The molecule has 5 heteroatoms. The molecule has 0 aromatic rings. The third-order valence-corrected chi connectivity index (χ3v) is 1.77. The van der Waals surface area contributed by atoms with Crippen molar-refractivity contribution in [2.75, 3.05) is 0 Å². The molecule has 15 heavy (non-hydrogen) atoms. The van der Waals surface area contributed by atoms with Gasteiger partial charge in [0.1, 0.15) is 0 Å². The van der Waals surface area contributed by atoms with E-state index in [2.05, 4.69) is 4.84 Å². The number of carbonyl (C=O) groups excluding carboxylic acids is 3. The zero-order valence-corrected chi connectivity index (χ0v) is 8.28. The summed E-state index contributed by atoms with van der Waals surface area (Å²) in [6, 6.07) is 0. The number of hydrogen-bond donors (Lipinski definition) is 0. The van der Waals surface area contributed by atoms with Crippen LogP contribution in [-0.4, -0.2) is 22.8 Å². The summed E-state index contributed by atoms with van der Waals surface area (Å²) in [5.41, 5.74) is 0. The Hall–Kier alpha value is -1.39. The van der Waals surface area contributed by atoms with Crippen molar-refractivity contribution in [3.05, 3.63) is 0 Å². The molecule has 2 amide bonds. The molecular formula is C10H17NO4. The Kier molecular flexibility index (Phi) is 4.97. The topological polar surface area (TPSA) is 63.7 Å². The third kappa shape index (κ3) is 3.69. The maximum atomic E-state index is 11.1. The van der Waals surface area contributed by atoms with E-state index in [1.54, 1.807) is 0 Å². The fourth-order valence-corrected chi connectivity index (χ4v) is 1.13. The molecular weight excluding hydrogens is 198 g/mol. The van der Waals surface area contributed by atoms with Gasteiger partial charge in [0.2, 0.25) is 0 Å². The fraction of sp³-hybridized carbons (Fsp3) is 0.700. The number of hydrogen-bond acceptors (Lipinski definition) is 4. The molecule has 0 spiro atoms. The number of nitrogens with zero attached hydrogens (tertiary/aromatic N) is 1. The summed E-state index contributed by atoms with van der Waals surface area (Å²) in [7, 11) is 0. The number of rotatable bonds is 3. The van der Waals surface area contributed by atoms with E-state index >= 15 is 0 Å². The van der Waals surface area contributed by atoms with E-state index < -0.39 is 17.8 Å². The Morgan fingerprint density at radius 2 is 1.80 bits per heavy atom. The molecule has 0 atom stereocenters. The fourth-order valence-electron chi connectivity index (χ4n) is 1.13. The van der Waals surface area contributed by atoms with Crippen LogP contribution in [0.1, 0.15) is 40.5 Å². The molecule has 1 fully saturated rings. The zero-order chi connectivity index (χ0) is 10.7. The molecule has 1 saturated heterocycles. The number of amides is 2. The molecule has 0 unspecified atom stereocenters. The predicted molar refractivity (Wildman–Crippen MR) is 53.4 cm³/mol. The van der Waals surface area contributed by atoms with Crippen molar-refractivity contribution in [1.29, 1.82) is 0 Å². The van der Waals surface area contributed by atoms with Gasteiger partial charge in [-0.05, 0) is 5.92 Å². The second kappa shape index (κ2) is 5.48. The standard InChI is InChI=1S/C9H13NO4.CH4/c1-6(2)5-9(13)14-10-7(11)3-4-8(10)12;/h6H,3-5H2,1-2H3;1H4. The molecule has 0 saturated carbocycles. The van der Waals surface area contributed by atoms with Crippen LogP contribution in [0.4, 0.5) is 0 Å². The molecule has 1 aliphatic rings. The van der Waals surface area contributed by atoms with Crippen LogP contribution in [0, 0.1) is 5.92 Å². The van der Waals surface area contributed by atoms with Crippen LogP contribution in [0.15, 0.2) is 0 Å². The summed E-state index contributed by atoms with van der Waals surface area (Å²) in [4.78, 5) is 37.8. The van der Waals surface area contributed by atoms with Crippen LogP contribution in [0.5, 0.6) is 0 Å². The molecule has 86 valence electrons. The molecule has 0 aliphatic carbocycles. The van der Waals surface area contributed by atoms with Gasteiger partial charge in [0.15, 0.2) is 0 Å². The van der Waals surface area contributed by atoms with Crippen molar-refractivity contribution in [3.8, 4) is 0 Å². The van der Waals surface area contributed by atoms with Crippen LogP contribution in [0.2, 0.25) is 0 Å². The summed E-state index contributed by atoms with van der Waals surface area (Å²) in [6.45, 7) is 3.71. The average molecular weight is 215 g/mol. The maximum absolute atomic E-state index is 11.1. The summed E-state index contributed by atoms with van der Waals surface area (Å²) >= 11 is 0. The van der Waals surface area contributed by atoms with Gasteiger partial charge in [0.25, 0.3) is 11.8 Å². The summed E-state index contributed by atoms with van der Waals surface area (Å²) < 4.78 is 0. The lowest BCUT2D eigenvalue weighted by molar-refractivity contribution is -0.198. The first-order valence-electron chi connectivity index (χ1n) is 4.57. The van der Waals surface area contributed by atoms with E-state index in [0.717, 1.165) is 0 Å². The quantitative estimate of drug-likeness (QED) is 0.665. The highest BCUT2D eigenvalue weighted by Gasteiger charge is 2.32. The first-order chi connectivity index (χ1) is 6.50. The van der Waals surface area contributed by atoms with Gasteiger partial charge >= 0.3 is 5.97 Å². The van der Waals surface area contributed by atoms with Gasteiger partial charge < -0.3 is 4.84 Å². The van der Waals surface area contributed by atoms with Gasteiger partial charge in [-0.15, -0.1) is 5.06 Å². The molecule has 1 aliphatic heterocycles. The minimum absolute atomic E-state index is 0. The lowest BCUT2D eigenvalue weighted by Gasteiger charge is -2.13. The van der Waals surface area contributed by atoms with Crippen molar-refractivity contribution in [2.45, 2.75) is 40.5 Å². The summed E-state index contributed by atoms with van der Waals surface area (Å²) in [5.74, 6) is -1.27. The number of imide groups is 1. The van der Waals surface area contributed by atoms with Crippen LogP contribution >= 0.6 is 0 Å². The lowest BCUT2D eigenvalue weighted by atomic mass is 10.1. The summed E-state index contributed by atoms with van der Waals surface area (Å²) in [6.07, 6.45) is 0.471. The summed E-state index contributed by atoms with van der Waals surface area (Å²) in [5, 5.41) is 0.574. The predicted octanol–water partition coefficient (Wildman–Crippen LogP) is 1.28. The van der Waals surface area contributed by atoms with Gasteiger partial charge in [-0.2, -0.15) is 0 Å².